The first-order chi connectivity index (χ1) is 11.3. The molecule has 2 atom stereocenters. The molecule has 0 radical (unpaired) electrons. The Morgan fingerprint density at radius 2 is 2.04 bits per heavy atom. The number of thioether (sulfide) groups is 1. The highest BCUT2D eigenvalue weighted by molar-refractivity contribution is 7.99. The number of rotatable bonds is 4. The van der Waals surface area contributed by atoms with E-state index in [2.05, 4.69) is 41.5 Å². The number of benzene rings is 1. The minimum Gasteiger partial charge on any atom is -0.341 e. The van der Waals surface area contributed by atoms with Gasteiger partial charge in [0.1, 0.15) is 0 Å². The first-order valence-electron chi connectivity index (χ1n) is 8.28. The minimum atomic E-state index is -0.000474. The molecule has 1 fully saturated rings. The van der Waals surface area contributed by atoms with Gasteiger partial charge in [0.2, 0.25) is 5.91 Å². The zero-order valence-corrected chi connectivity index (χ0v) is 15.1. The highest BCUT2D eigenvalue weighted by Crippen LogP contribution is 2.37. The number of carbonyl (C=O) groups is 1. The van der Waals surface area contributed by atoms with Gasteiger partial charge in [-0.1, -0.05) is 43.3 Å². The summed E-state index contributed by atoms with van der Waals surface area (Å²) in [6, 6.07) is 14.6. The normalized spacial score (nSPS) is 20.0. The lowest BCUT2D eigenvalue weighted by atomic mass is 9.95. The minimum absolute atomic E-state index is 0.000474. The van der Waals surface area contributed by atoms with Gasteiger partial charge in [0.15, 0.2) is 0 Å². The largest absolute Gasteiger partial charge is 0.341 e. The van der Waals surface area contributed by atoms with Gasteiger partial charge in [-0.15, -0.1) is 11.3 Å². The van der Waals surface area contributed by atoms with Gasteiger partial charge < -0.3 is 4.90 Å². The van der Waals surface area contributed by atoms with Crippen LogP contribution in [0.2, 0.25) is 0 Å². The third kappa shape index (κ3) is 3.99. The second-order valence-corrected chi connectivity index (χ2v) is 8.15. The Hall–Kier alpha value is -1.26. The Kier molecular flexibility index (Phi) is 5.79. The molecule has 2 unspecified atom stereocenters. The fourth-order valence-electron chi connectivity index (χ4n) is 3.15. The molecule has 0 aliphatic carbocycles. The third-order valence-electron chi connectivity index (χ3n) is 4.42. The van der Waals surface area contributed by atoms with Crippen LogP contribution >= 0.6 is 23.1 Å². The van der Waals surface area contributed by atoms with E-state index in [4.69, 9.17) is 0 Å². The summed E-state index contributed by atoms with van der Waals surface area (Å²) < 4.78 is 0. The molecule has 2 heterocycles. The molecule has 2 aromatic rings. The topological polar surface area (TPSA) is 20.3 Å². The van der Waals surface area contributed by atoms with E-state index in [0.29, 0.717) is 11.2 Å². The van der Waals surface area contributed by atoms with Gasteiger partial charge >= 0.3 is 0 Å². The van der Waals surface area contributed by atoms with Gasteiger partial charge in [0.25, 0.3) is 0 Å². The molecular formula is C19H23NOS2. The van der Waals surface area contributed by atoms with Crippen molar-refractivity contribution >= 4 is 29.0 Å². The van der Waals surface area contributed by atoms with Crippen LogP contribution in [0.15, 0.2) is 47.8 Å². The highest BCUT2D eigenvalue weighted by atomic mass is 32.2. The molecule has 1 aromatic heterocycles. The maximum Gasteiger partial charge on any atom is 0.230 e. The smallest absolute Gasteiger partial charge is 0.230 e. The summed E-state index contributed by atoms with van der Waals surface area (Å²) in [5.74, 6) is 1.32. The van der Waals surface area contributed by atoms with Crippen molar-refractivity contribution in [2.24, 2.45) is 0 Å². The van der Waals surface area contributed by atoms with E-state index < -0.39 is 0 Å². The van der Waals surface area contributed by atoms with E-state index in [1.165, 1.54) is 4.88 Å². The second-order valence-electron chi connectivity index (χ2n) is 5.86. The van der Waals surface area contributed by atoms with Crippen molar-refractivity contribution in [2.75, 3.05) is 18.8 Å². The van der Waals surface area contributed by atoms with E-state index in [1.807, 2.05) is 41.3 Å². The summed E-state index contributed by atoms with van der Waals surface area (Å²) in [5, 5.41) is 2.69. The molecular weight excluding hydrogens is 322 g/mol. The molecule has 4 heteroatoms. The number of nitrogens with zero attached hydrogens (tertiary/aromatic N) is 1. The van der Waals surface area contributed by atoms with Crippen LogP contribution in [-0.2, 0) is 4.79 Å². The molecule has 2 nitrogen and oxygen atoms in total. The molecule has 122 valence electrons. The number of hydrogen-bond acceptors (Lipinski definition) is 3. The fourth-order valence-corrected chi connectivity index (χ4v) is 5.39. The SMILES string of the molecule is CCC(C(=O)N1CCSC(c2cccs2)CC1)c1ccccc1. The number of hydrogen-bond donors (Lipinski definition) is 0. The summed E-state index contributed by atoms with van der Waals surface area (Å²) in [4.78, 5) is 16.5. The average Bonchev–Trinajstić information content (AvgIpc) is 3.01. The van der Waals surface area contributed by atoms with Gasteiger partial charge in [0.05, 0.1) is 5.92 Å². The summed E-state index contributed by atoms with van der Waals surface area (Å²) >= 11 is 3.83. The van der Waals surface area contributed by atoms with Crippen molar-refractivity contribution in [3.05, 3.63) is 58.3 Å². The van der Waals surface area contributed by atoms with E-state index in [0.717, 1.165) is 37.2 Å². The van der Waals surface area contributed by atoms with Crippen molar-refractivity contribution < 1.29 is 4.79 Å². The van der Waals surface area contributed by atoms with Crippen molar-refractivity contribution in [3.63, 3.8) is 0 Å². The Morgan fingerprint density at radius 3 is 2.74 bits per heavy atom. The fraction of sp³-hybridized carbons (Fsp3) is 0.421. The monoisotopic (exact) mass is 345 g/mol. The first kappa shape index (κ1) is 16.6. The second kappa shape index (κ2) is 8.02. The third-order valence-corrected chi connectivity index (χ3v) is 6.87. The Morgan fingerprint density at radius 1 is 1.22 bits per heavy atom. The number of carbonyl (C=O) groups excluding carboxylic acids is 1. The van der Waals surface area contributed by atoms with Gasteiger partial charge in [0, 0.05) is 29.0 Å². The maximum absolute atomic E-state index is 13.0. The first-order valence-corrected chi connectivity index (χ1v) is 10.2. The highest BCUT2D eigenvalue weighted by Gasteiger charge is 2.27. The Balaban J connectivity index is 1.67. The molecule has 0 spiro atoms. The molecule has 1 aliphatic rings. The van der Waals surface area contributed by atoms with Crippen LogP contribution in [0.25, 0.3) is 0 Å². The summed E-state index contributed by atoms with van der Waals surface area (Å²) in [5.41, 5.74) is 1.15. The van der Waals surface area contributed by atoms with Crippen LogP contribution in [-0.4, -0.2) is 29.6 Å². The molecule has 3 rings (SSSR count). The molecule has 0 N–H and O–H groups in total. The maximum atomic E-state index is 13.0. The predicted octanol–water partition coefficient (Wildman–Crippen LogP) is 4.95. The molecule has 0 bridgehead atoms. The van der Waals surface area contributed by atoms with E-state index >= 15 is 0 Å². The Bertz CT molecular complexity index is 612. The summed E-state index contributed by atoms with van der Waals surface area (Å²) in [6.07, 6.45) is 1.92. The van der Waals surface area contributed by atoms with Crippen LogP contribution in [0.5, 0.6) is 0 Å². The predicted molar refractivity (Wildman–Crippen MR) is 100 cm³/mol. The average molecular weight is 346 g/mol. The molecule has 1 amide bonds. The van der Waals surface area contributed by atoms with Crippen molar-refractivity contribution in [3.8, 4) is 0 Å². The zero-order chi connectivity index (χ0) is 16.1. The molecule has 1 aromatic carbocycles. The van der Waals surface area contributed by atoms with Gasteiger partial charge in [-0.05, 0) is 29.9 Å². The lowest BCUT2D eigenvalue weighted by molar-refractivity contribution is -0.132. The zero-order valence-electron chi connectivity index (χ0n) is 13.5. The lowest BCUT2D eigenvalue weighted by Gasteiger charge is -2.25. The van der Waals surface area contributed by atoms with Gasteiger partial charge in [-0.25, -0.2) is 0 Å². The van der Waals surface area contributed by atoms with Crippen LogP contribution in [0.3, 0.4) is 0 Å². The van der Waals surface area contributed by atoms with E-state index in [-0.39, 0.29) is 5.92 Å². The number of thiophene rings is 1. The van der Waals surface area contributed by atoms with Crippen LogP contribution < -0.4 is 0 Å². The summed E-state index contributed by atoms with van der Waals surface area (Å²) in [7, 11) is 0. The molecule has 23 heavy (non-hydrogen) atoms. The standard InChI is InChI=1S/C19H23NOS2/c1-2-16(15-7-4-3-5-8-15)19(21)20-11-10-18(23-14-12-20)17-9-6-13-22-17/h3-9,13,16,18H,2,10-12,14H2,1H3. The van der Waals surface area contributed by atoms with Gasteiger partial charge in [-0.3, -0.25) is 4.79 Å². The Labute approximate surface area is 146 Å². The van der Waals surface area contributed by atoms with Crippen LogP contribution in [0, 0.1) is 0 Å². The van der Waals surface area contributed by atoms with E-state index in [9.17, 15) is 4.79 Å². The quantitative estimate of drug-likeness (QED) is 0.781. The molecule has 0 saturated carbocycles. The van der Waals surface area contributed by atoms with Crippen molar-refractivity contribution in [1.29, 1.82) is 0 Å². The van der Waals surface area contributed by atoms with Crippen molar-refractivity contribution in [2.45, 2.75) is 30.9 Å². The molecule has 1 saturated heterocycles. The lowest BCUT2D eigenvalue weighted by Crippen LogP contribution is -2.36. The summed E-state index contributed by atoms with van der Waals surface area (Å²) in [6.45, 7) is 3.85. The van der Waals surface area contributed by atoms with Crippen molar-refractivity contribution in [1.82, 2.24) is 4.90 Å². The van der Waals surface area contributed by atoms with Crippen LogP contribution in [0.1, 0.15) is 41.4 Å². The van der Waals surface area contributed by atoms with E-state index in [1.54, 1.807) is 0 Å². The number of amides is 1. The van der Waals surface area contributed by atoms with Gasteiger partial charge in [-0.2, -0.15) is 11.8 Å². The van der Waals surface area contributed by atoms with Crippen LogP contribution in [0.4, 0.5) is 0 Å². The molecule has 1 aliphatic heterocycles.